The zero-order valence-corrected chi connectivity index (χ0v) is 12.9. The lowest BCUT2D eigenvalue weighted by Crippen LogP contribution is -2.30. The van der Waals surface area contributed by atoms with Crippen LogP contribution in [0, 0.1) is 6.92 Å². The lowest BCUT2D eigenvalue weighted by atomic mass is 9.98. The van der Waals surface area contributed by atoms with Gasteiger partial charge in [-0.15, -0.1) is 0 Å². The van der Waals surface area contributed by atoms with Gasteiger partial charge in [0.05, 0.1) is 11.1 Å². The number of benzene rings is 1. The first-order chi connectivity index (χ1) is 9.11. The van der Waals surface area contributed by atoms with Gasteiger partial charge in [0.15, 0.2) is 0 Å². The predicted molar refractivity (Wildman–Crippen MR) is 81.9 cm³/mol. The van der Waals surface area contributed by atoms with Gasteiger partial charge in [-0.2, -0.15) is 0 Å². The van der Waals surface area contributed by atoms with E-state index in [2.05, 4.69) is 45.4 Å². The van der Waals surface area contributed by atoms with Crippen molar-refractivity contribution in [1.82, 2.24) is 10.4 Å². The Morgan fingerprint density at radius 1 is 1.42 bits per heavy atom. The summed E-state index contributed by atoms with van der Waals surface area (Å²) >= 11 is 9.70. The Bertz CT molecular complexity index is 574. The number of hydrazine groups is 1. The van der Waals surface area contributed by atoms with E-state index < -0.39 is 0 Å². The first kappa shape index (κ1) is 14.5. The molecule has 0 radical (unpaired) electrons. The Kier molecular flexibility index (Phi) is 4.93. The number of nitrogens with one attached hydrogen (secondary N) is 1. The van der Waals surface area contributed by atoms with E-state index in [1.165, 1.54) is 5.56 Å². The van der Waals surface area contributed by atoms with Crippen molar-refractivity contribution in [2.45, 2.75) is 19.4 Å². The molecule has 0 bridgehead atoms. The van der Waals surface area contributed by atoms with E-state index >= 15 is 0 Å². The standard InChI is InChI=1S/C14H15BrClN3/c1-9-2-3-12(15)11(6-9)14(19-17)7-10-4-5-18-8-13(10)16/h2-6,8,14,19H,7,17H2,1H3. The number of rotatable bonds is 4. The number of nitrogens with zero attached hydrogens (tertiary/aromatic N) is 1. The van der Waals surface area contributed by atoms with Crippen molar-refractivity contribution < 1.29 is 0 Å². The third-order valence-electron chi connectivity index (χ3n) is 3.01. The van der Waals surface area contributed by atoms with Gasteiger partial charge in [-0.25, -0.2) is 0 Å². The van der Waals surface area contributed by atoms with Crippen molar-refractivity contribution in [3.05, 3.63) is 62.8 Å². The van der Waals surface area contributed by atoms with E-state index in [9.17, 15) is 0 Å². The Labute approximate surface area is 126 Å². The van der Waals surface area contributed by atoms with Crippen LogP contribution in [0.15, 0.2) is 41.1 Å². The summed E-state index contributed by atoms with van der Waals surface area (Å²) in [5, 5.41) is 0.659. The molecular formula is C14H15BrClN3. The smallest absolute Gasteiger partial charge is 0.0622 e. The van der Waals surface area contributed by atoms with Gasteiger partial charge in [0.1, 0.15) is 0 Å². The molecule has 0 saturated carbocycles. The number of aryl methyl sites for hydroxylation is 1. The number of nitrogens with two attached hydrogens (primary N) is 1. The molecule has 1 aromatic carbocycles. The highest BCUT2D eigenvalue weighted by Crippen LogP contribution is 2.28. The highest BCUT2D eigenvalue weighted by molar-refractivity contribution is 9.10. The molecule has 0 aliphatic heterocycles. The second-order valence-electron chi connectivity index (χ2n) is 4.42. The maximum Gasteiger partial charge on any atom is 0.0622 e. The van der Waals surface area contributed by atoms with Crippen molar-refractivity contribution in [3.63, 3.8) is 0 Å². The zero-order chi connectivity index (χ0) is 13.8. The summed E-state index contributed by atoms with van der Waals surface area (Å²) in [5.41, 5.74) is 6.19. The van der Waals surface area contributed by atoms with Crippen molar-refractivity contribution in [2.75, 3.05) is 0 Å². The number of hydrogen-bond acceptors (Lipinski definition) is 3. The van der Waals surface area contributed by atoms with Crippen LogP contribution in [0.5, 0.6) is 0 Å². The quantitative estimate of drug-likeness (QED) is 0.661. The van der Waals surface area contributed by atoms with Gasteiger partial charge in [0, 0.05) is 16.9 Å². The molecule has 0 saturated heterocycles. The van der Waals surface area contributed by atoms with Gasteiger partial charge in [0.25, 0.3) is 0 Å². The fourth-order valence-corrected chi connectivity index (χ4v) is 2.70. The molecule has 2 aromatic rings. The molecule has 1 atom stereocenters. The number of pyridine rings is 1. The van der Waals surface area contributed by atoms with E-state index in [1.54, 1.807) is 12.4 Å². The predicted octanol–water partition coefficient (Wildman–Crippen LogP) is 3.55. The van der Waals surface area contributed by atoms with Crippen LogP contribution < -0.4 is 11.3 Å². The van der Waals surface area contributed by atoms with E-state index in [0.29, 0.717) is 11.4 Å². The topological polar surface area (TPSA) is 50.9 Å². The third kappa shape index (κ3) is 3.54. The maximum absolute atomic E-state index is 6.14. The molecule has 3 nitrogen and oxygen atoms in total. The van der Waals surface area contributed by atoms with Crippen LogP contribution in [0.4, 0.5) is 0 Å². The van der Waals surface area contributed by atoms with Crippen molar-refractivity contribution in [3.8, 4) is 0 Å². The fraction of sp³-hybridized carbons (Fsp3) is 0.214. The van der Waals surface area contributed by atoms with E-state index in [1.807, 2.05) is 12.1 Å². The maximum atomic E-state index is 6.14. The molecule has 0 aliphatic rings. The van der Waals surface area contributed by atoms with Gasteiger partial charge >= 0.3 is 0 Å². The van der Waals surface area contributed by atoms with E-state index in [4.69, 9.17) is 17.4 Å². The van der Waals surface area contributed by atoms with Crippen LogP contribution in [-0.4, -0.2) is 4.98 Å². The fourth-order valence-electron chi connectivity index (χ4n) is 1.98. The minimum absolute atomic E-state index is 0.00539. The Hall–Kier alpha value is -0.940. The molecule has 0 spiro atoms. The summed E-state index contributed by atoms with van der Waals surface area (Å²) in [6.07, 6.45) is 4.09. The summed E-state index contributed by atoms with van der Waals surface area (Å²) < 4.78 is 1.03. The molecular weight excluding hydrogens is 326 g/mol. The molecule has 1 heterocycles. The molecule has 100 valence electrons. The van der Waals surface area contributed by atoms with Crippen LogP contribution in [0.1, 0.15) is 22.7 Å². The van der Waals surface area contributed by atoms with E-state index in [0.717, 1.165) is 15.6 Å². The zero-order valence-electron chi connectivity index (χ0n) is 10.5. The molecule has 19 heavy (non-hydrogen) atoms. The van der Waals surface area contributed by atoms with Gasteiger partial charge < -0.3 is 0 Å². The average Bonchev–Trinajstić information content (AvgIpc) is 2.41. The normalized spacial score (nSPS) is 12.4. The summed E-state index contributed by atoms with van der Waals surface area (Å²) in [6.45, 7) is 2.06. The van der Waals surface area contributed by atoms with Crippen molar-refractivity contribution in [2.24, 2.45) is 5.84 Å². The molecule has 1 unspecified atom stereocenters. The molecule has 1 aromatic heterocycles. The van der Waals surface area contributed by atoms with Crippen LogP contribution in [0.25, 0.3) is 0 Å². The van der Waals surface area contributed by atoms with Crippen molar-refractivity contribution >= 4 is 27.5 Å². The average molecular weight is 341 g/mol. The SMILES string of the molecule is Cc1ccc(Br)c(C(Cc2ccncc2Cl)NN)c1. The number of hydrogen-bond donors (Lipinski definition) is 2. The van der Waals surface area contributed by atoms with Gasteiger partial charge in [-0.05, 0) is 36.6 Å². The monoisotopic (exact) mass is 339 g/mol. The molecule has 2 rings (SSSR count). The van der Waals surface area contributed by atoms with Gasteiger partial charge in [-0.3, -0.25) is 16.3 Å². The molecule has 0 amide bonds. The minimum atomic E-state index is -0.00539. The largest absolute Gasteiger partial charge is 0.271 e. The summed E-state index contributed by atoms with van der Waals surface area (Å²) in [4.78, 5) is 3.99. The second-order valence-corrected chi connectivity index (χ2v) is 5.68. The van der Waals surface area contributed by atoms with Gasteiger partial charge in [-0.1, -0.05) is 45.2 Å². The van der Waals surface area contributed by atoms with E-state index in [-0.39, 0.29) is 6.04 Å². The lowest BCUT2D eigenvalue weighted by molar-refractivity contribution is 0.549. The number of halogens is 2. The second kappa shape index (κ2) is 6.48. The van der Waals surface area contributed by atoms with Crippen LogP contribution in [-0.2, 0) is 6.42 Å². The molecule has 3 N–H and O–H groups in total. The number of aromatic nitrogens is 1. The molecule has 0 fully saturated rings. The van der Waals surface area contributed by atoms with Crippen molar-refractivity contribution in [1.29, 1.82) is 0 Å². The minimum Gasteiger partial charge on any atom is -0.271 e. The van der Waals surface area contributed by atoms with Crippen LogP contribution >= 0.6 is 27.5 Å². The van der Waals surface area contributed by atoms with Crippen LogP contribution in [0.3, 0.4) is 0 Å². The lowest BCUT2D eigenvalue weighted by Gasteiger charge is -2.19. The summed E-state index contributed by atoms with van der Waals surface area (Å²) in [6, 6.07) is 8.11. The first-order valence-electron chi connectivity index (χ1n) is 5.92. The van der Waals surface area contributed by atoms with Crippen LogP contribution in [0.2, 0.25) is 5.02 Å². The highest BCUT2D eigenvalue weighted by Gasteiger charge is 2.15. The molecule has 0 aliphatic carbocycles. The summed E-state index contributed by atoms with van der Waals surface area (Å²) in [7, 11) is 0. The Morgan fingerprint density at radius 2 is 2.21 bits per heavy atom. The molecule has 5 heteroatoms. The highest BCUT2D eigenvalue weighted by atomic mass is 79.9. The van der Waals surface area contributed by atoms with Gasteiger partial charge in [0.2, 0.25) is 0 Å². The first-order valence-corrected chi connectivity index (χ1v) is 7.09. The Morgan fingerprint density at radius 3 is 2.89 bits per heavy atom. The summed E-state index contributed by atoms with van der Waals surface area (Å²) in [5.74, 6) is 5.69. The Balaban J connectivity index is 2.30. The third-order valence-corrected chi connectivity index (χ3v) is 4.07.